The van der Waals surface area contributed by atoms with Gasteiger partial charge in [0.2, 0.25) is 5.91 Å². The number of halogens is 1. The molecule has 2 atom stereocenters. The Morgan fingerprint density at radius 1 is 1.00 bits per heavy atom. The van der Waals surface area contributed by atoms with Crippen molar-refractivity contribution in [3.63, 3.8) is 0 Å². The molecule has 0 saturated heterocycles. The molecule has 1 heterocycles. The van der Waals surface area contributed by atoms with Crippen LogP contribution in [0.4, 0.5) is 4.39 Å². The molecule has 4 aromatic rings. The molecule has 0 aliphatic heterocycles. The van der Waals surface area contributed by atoms with Gasteiger partial charge in [0.05, 0.1) is 28.7 Å². The molecule has 0 aliphatic rings. The maximum atomic E-state index is 13.3. The number of carbonyl (C=O) groups is 1. The molecule has 1 N–H and O–H groups in total. The SMILES string of the molecule is CC(Sc1nc2ccccc2c(=O)n1Cc1ccccc1)C(=O)NC(C)c1ccc(F)cc1. The first-order chi connectivity index (χ1) is 15.9. The minimum absolute atomic E-state index is 0.140. The molecule has 0 fully saturated rings. The fourth-order valence-electron chi connectivity index (χ4n) is 3.52. The molecule has 0 saturated carbocycles. The van der Waals surface area contributed by atoms with Crippen LogP contribution in [-0.4, -0.2) is 20.7 Å². The van der Waals surface area contributed by atoms with Gasteiger partial charge >= 0.3 is 0 Å². The highest BCUT2D eigenvalue weighted by Gasteiger charge is 2.21. The van der Waals surface area contributed by atoms with Crippen LogP contribution in [0.1, 0.15) is 31.0 Å². The van der Waals surface area contributed by atoms with Crippen LogP contribution in [0.5, 0.6) is 0 Å². The van der Waals surface area contributed by atoms with Crippen LogP contribution in [0.15, 0.2) is 88.8 Å². The van der Waals surface area contributed by atoms with Gasteiger partial charge in [-0.2, -0.15) is 0 Å². The second kappa shape index (κ2) is 10.0. The summed E-state index contributed by atoms with van der Waals surface area (Å²) in [5.41, 5.74) is 2.24. The van der Waals surface area contributed by atoms with Gasteiger partial charge in [-0.3, -0.25) is 14.2 Å². The fourth-order valence-corrected chi connectivity index (χ4v) is 4.44. The Hall–Kier alpha value is -3.45. The first kappa shape index (κ1) is 22.7. The molecule has 0 radical (unpaired) electrons. The molecular formula is C26H24FN3O2S. The van der Waals surface area contributed by atoms with Gasteiger partial charge in [0.1, 0.15) is 5.82 Å². The maximum Gasteiger partial charge on any atom is 0.262 e. The summed E-state index contributed by atoms with van der Waals surface area (Å²) < 4.78 is 14.8. The lowest BCUT2D eigenvalue weighted by Gasteiger charge is -2.19. The third-order valence-corrected chi connectivity index (χ3v) is 6.48. The van der Waals surface area contributed by atoms with Crippen molar-refractivity contribution in [1.29, 1.82) is 0 Å². The normalized spacial score (nSPS) is 12.9. The molecule has 0 bridgehead atoms. The minimum Gasteiger partial charge on any atom is -0.349 e. The van der Waals surface area contributed by atoms with Gasteiger partial charge < -0.3 is 5.32 Å². The van der Waals surface area contributed by atoms with E-state index in [9.17, 15) is 14.0 Å². The number of hydrogen-bond donors (Lipinski definition) is 1. The van der Waals surface area contributed by atoms with Gasteiger partial charge in [0.15, 0.2) is 5.16 Å². The lowest BCUT2D eigenvalue weighted by Crippen LogP contribution is -2.34. The van der Waals surface area contributed by atoms with Crippen molar-refractivity contribution in [2.75, 3.05) is 0 Å². The van der Waals surface area contributed by atoms with Gasteiger partial charge in [-0.1, -0.05) is 66.4 Å². The zero-order chi connectivity index (χ0) is 23.4. The second-order valence-corrected chi connectivity index (χ2v) is 9.14. The van der Waals surface area contributed by atoms with Crippen LogP contribution in [0.2, 0.25) is 0 Å². The number of amides is 1. The first-order valence-corrected chi connectivity index (χ1v) is 11.6. The van der Waals surface area contributed by atoms with Crippen LogP contribution in [-0.2, 0) is 11.3 Å². The van der Waals surface area contributed by atoms with Crippen molar-refractivity contribution < 1.29 is 9.18 Å². The topological polar surface area (TPSA) is 64.0 Å². The molecule has 3 aromatic carbocycles. The van der Waals surface area contributed by atoms with Crippen molar-refractivity contribution in [3.05, 3.63) is 106 Å². The van der Waals surface area contributed by atoms with Crippen molar-refractivity contribution in [2.24, 2.45) is 0 Å². The number of nitrogens with one attached hydrogen (secondary N) is 1. The van der Waals surface area contributed by atoms with E-state index in [4.69, 9.17) is 4.98 Å². The van der Waals surface area contributed by atoms with Crippen LogP contribution in [0.25, 0.3) is 10.9 Å². The highest BCUT2D eigenvalue weighted by molar-refractivity contribution is 8.00. The van der Waals surface area contributed by atoms with Crippen LogP contribution in [0.3, 0.4) is 0 Å². The highest BCUT2D eigenvalue weighted by atomic mass is 32.2. The molecule has 4 rings (SSSR count). The maximum absolute atomic E-state index is 13.3. The molecule has 0 aliphatic carbocycles. The van der Waals surface area contributed by atoms with Crippen molar-refractivity contribution in [1.82, 2.24) is 14.9 Å². The Labute approximate surface area is 195 Å². The Balaban J connectivity index is 1.59. The average molecular weight is 462 g/mol. The quantitative estimate of drug-likeness (QED) is 0.313. The van der Waals surface area contributed by atoms with Crippen LogP contribution < -0.4 is 10.9 Å². The standard InChI is InChI=1S/C26H24FN3O2S/c1-17(20-12-14-21(27)15-13-20)28-24(31)18(2)33-26-29-23-11-7-6-10-22(23)25(32)30(26)16-19-8-4-3-5-9-19/h3-15,17-18H,16H2,1-2H3,(H,28,31). The van der Waals surface area contributed by atoms with Gasteiger partial charge in [-0.25, -0.2) is 9.37 Å². The average Bonchev–Trinajstić information content (AvgIpc) is 2.82. The largest absolute Gasteiger partial charge is 0.349 e. The van der Waals surface area contributed by atoms with Crippen molar-refractivity contribution in [2.45, 2.75) is 36.8 Å². The lowest BCUT2D eigenvalue weighted by molar-refractivity contribution is -0.120. The van der Waals surface area contributed by atoms with Crippen LogP contribution >= 0.6 is 11.8 Å². The Morgan fingerprint density at radius 2 is 1.67 bits per heavy atom. The number of carbonyl (C=O) groups excluding carboxylic acids is 1. The summed E-state index contributed by atoms with van der Waals surface area (Å²) in [5, 5.41) is 3.49. The molecular weight excluding hydrogens is 437 g/mol. The van der Waals surface area contributed by atoms with Gasteiger partial charge in [0.25, 0.3) is 5.56 Å². The third-order valence-electron chi connectivity index (χ3n) is 5.39. The molecule has 33 heavy (non-hydrogen) atoms. The van der Waals surface area contributed by atoms with Gasteiger partial charge in [-0.15, -0.1) is 0 Å². The van der Waals surface area contributed by atoms with Crippen LogP contribution in [0, 0.1) is 5.82 Å². The number of nitrogens with zero attached hydrogens (tertiary/aromatic N) is 2. The second-order valence-electron chi connectivity index (χ2n) is 7.83. The molecule has 1 aromatic heterocycles. The lowest BCUT2D eigenvalue weighted by atomic mass is 10.1. The predicted octanol–water partition coefficient (Wildman–Crippen LogP) is 4.94. The summed E-state index contributed by atoms with van der Waals surface area (Å²) in [7, 11) is 0. The fraction of sp³-hybridized carbons (Fsp3) is 0.192. The minimum atomic E-state index is -0.497. The van der Waals surface area contributed by atoms with E-state index in [1.807, 2.05) is 49.4 Å². The Bertz CT molecular complexity index is 1320. The number of aromatic nitrogens is 2. The van der Waals surface area contributed by atoms with E-state index in [2.05, 4.69) is 5.32 Å². The Morgan fingerprint density at radius 3 is 2.39 bits per heavy atom. The molecule has 1 amide bonds. The zero-order valence-corrected chi connectivity index (χ0v) is 19.2. The smallest absolute Gasteiger partial charge is 0.262 e. The van der Waals surface area contributed by atoms with E-state index in [-0.39, 0.29) is 23.3 Å². The van der Waals surface area contributed by atoms with Crippen molar-refractivity contribution in [3.8, 4) is 0 Å². The van der Waals surface area contributed by atoms with E-state index >= 15 is 0 Å². The number of para-hydroxylation sites is 1. The molecule has 2 unspecified atom stereocenters. The monoisotopic (exact) mass is 461 g/mol. The van der Waals surface area contributed by atoms with E-state index in [1.165, 1.54) is 23.9 Å². The van der Waals surface area contributed by atoms with E-state index in [1.54, 1.807) is 35.8 Å². The summed E-state index contributed by atoms with van der Waals surface area (Å²) >= 11 is 1.25. The molecule has 7 heteroatoms. The summed E-state index contributed by atoms with van der Waals surface area (Å²) in [6.45, 7) is 3.99. The summed E-state index contributed by atoms with van der Waals surface area (Å²) in [5.74, 6) is -0.509. The molecule has 0 spiro atoms. The first-order valence-electron chi connectivity index (χ1n) is 10.7. The van der Waals surface area contributed by atoms with E-state index < -0.39 is 5.25 Å². The van der Waals surface area contributed by atoms with Gasteiger partial charge in [-0.05, 0) is 49.2 Å². The summed E-state index contributed by atoms with van der Waals surface area (Å²) in [4.78, 5) is 30.9. The number of benzene rings is 3. The third kappa shape index (κ3) is 5.31. The van der Waals surface area contributed by atoms with Crippen molar-refractivity contribution >= 4 is 28.6 Å². The van der Waals surface area contributed by atoms with E-state index in [0.717, 1.165) is 11.1 Å². The molecule has 168 valence electrons. The number of fused-ring (bicyclic) bond motifs is 1. The summed E-state index contributed by atoms with van der Waals surface area (Å²) in [6.07, 6.45) is 0. The van der Waals surface area contributed by atoms with Gasteiger partial charge in [0, 0.05) is 0 Å². The Kier molecular flexibility index (Phi) is 6.89. The zero-order valence-electron chi connectivity index (χ0n) is 18.4. The number of hydrogen-bond acceptors (Lipinski definition) is 4. The summed E-state index contributed by atoms with van der Waals surface area (Å²) in [6, 6.07) is 22.7. The highest BCUT2D eigenvalue weighted by Crippen LogP contribution is 2.24. The predicted molar refractivity (Wildman–Crippen MR) is 130 cm³/mol. The van der Waals surface area contributed by atoms with E-state index in [0.29, 0.717) is 22.6 Å². The number of thioether (sulfide) groups is 1. The molecule has 5 nitrogen and oxygen atoms in total. The number of rotatable bonds is 7.